The average Bonchev–Trinajstić information content (AvgIpc) is 2.45. The van der Waals surface area contributed by atoms with Gasteiger partial charge in [0.15, 0.2) is 0 Å². The first-order chi connectivity index (χ1) is 9.88. The molecule has 0 N–H and O–H groups in total. The molecule has 0 unspecified atom stereocenters. The SMILES string of the molecule is CS(=O)(=O)N(CC(=O)N1CCCCC1)c1ccc(Br)cc1. The number of hydrogen-bond acceptors (Lipinski definition) is 3. The molecule has 0 spiro atoms. The molecule has 1 aliphatic heterocycles. The molecule has 7 heteroatoms. The third-order valence-corrected chi connectivity index (χ3v) is 5.17. The molecule has 2 rings (SSSR count). The number of amides is 1. The summed E-state index contributed by atoms with van der Waals surface area (Å²) >= 11 is 3.32. The lowest BCUT2D eigenvalue weighted by Gasteiger charge is -2.30. The third kappa shape index (κ3) is 4.44. The summed E-state index contributed by atoms with van der Waals surface area (Å²) in [6.07, 6.45) is 4.23. The number of piperidine rings is 1. The van der Waals surface area contributed by atoms with Crippen molar-refractivity contribution >= 4 is 37.5 Å². The molecule has 1 amide bonds. The van der Waals surface area contributed by atoms with Crippen LogP contribution >= 0.6 is 15.9 Å². The van der Waals surface area contributed by atoms with E-state index in [9.17, 15) is 13.2 Å². The van der Waals surface area contributed by atoms with Crippen LogP contribution in [0, 0.1) is 0 Å². The standard InChI is InChI=1S/C14H19BrN2O3S/c1-21(19,20)17(13-7-5-12(15)6-8-13)11-14(18)16-9-3-2-4-10-16/h5-8H,2-4,9-11H2,1H3. The summed E-state index contributed by atoms with van der Waals surface area (Å²) in [5.41, 5.74) is 0.506. The summed E-state index contributed by atoms with van der Waals surface area (Å²) in [6, 6.07) is 6.90. The highest BCUT2D eigenvalue weighted by molar-refractivity contribution is 9.10. The van der Waals surface area contributed by atoms with Crippen molar-refractivity contribution in [1.82, 2.24) is 4.90 Å². The van der Waals surface area contributed by atoms with E-state index in [0.29, 0.717) is 5.69 Å². The highest BCUT2D eigenvalue weighted by atomic mass is 79.9. The molecule has 1 saturated heterocycles. The Morgan fingerprint density at radius 2 is 1.76 bits per heavy atom. The summed E-state index contributed by atoms with van der Waals surface area (Å²) in [6.45, 7) is 1.30. The Balaban J connectivity index is 2.17. The second-order valence-corrected chi connectivity index (χ2v) is 8.01. The van der Waals surface area contributed by atoms with Crippen molar-refractivity contribution in [2.24, 2.45) is 0 Å². The van der Waals surface area contributed by atoms with Crippen molar-refractivity contribution in [3.63, 3.8) is 0 Å². The normalized spacial score (nSPS) is 15.8. The van der Waals surface area contributed by atoms with Crippen molar-refractivity contribution in [3.05, 3.63) is 28.7 Å². The topological polar surface area (TPSA) is 57.7 Å². The van der Waals surface area contributed by atoms with Crippen LogP contribution in [-0.4, -0.2) is 45.1 Å². The average molecular weight is 375 g/mol. The number of carbonyl (C=O) groups excluding carboxylic acids is 1. The number of nitrogens with zero attached hydrogens (tertiary/aromatic N) is 2. The smallest absolute Gasteiger partial charge is 0.243 e. The van der Waals surface area contributed by atoms with Gasteiger partial charge in [0.1, 0.15) is 6.54 Å². The molecule has 0 saturated carbocycles. The largest absolute Gasteiger partial charge is 0.341 e. The van der Waals surface area contributed by atoms with Gasteiger partial charge in [-0.25, -0.2) is 8.42 Å². The Morgan fingerprint density at radius 3 is 2.29 bits per heavy atom. The number of benzene rings is 1. The van der Waals surface area contributed by atoms with Crippen molar-refractivity contribution in [2.45, 2.75) is 19.3 Å². The fraction of sp³-hybridized carbons (Fsp3) is 0.500. The van der Waals surface area contributed by atoms with Gasteiger partial charge >= 0.3 is 0 Å². The Labute approximate surface area is 134 Å². The molecule has 0 atom stereocenters. The van der Waals surface area contributed by atoms with Crippen molar-refractivity contribution in [1.29, 1.82) is 0 Å². The molecule has 1 aromatic rings. The van der Waals surface area contributed by atoms with Crippen LogP contribution in [0.2, 0.25) is 0 Å². The molecule has 0 radical (unpaired) electrons. The fourth-order valence-corrected chi connectivity index (χ4v) is 3.49. The summed E-state index contributed by atoms with van der Waals surface area (Å²) in [5, 5.41) is 0. The van der Waals surface area contributed by atoms with E-state index in [0.717, 1.165) is 47.4 Å². The van der Waals surface area contributed by atoms with E-state index in [-0.39, 0.29) is 12.5 Å². The molecule has 1 aliphatic rings. The van der Waals surface area contributed by atoms with Gasteiger partial charge in [-0.3, -0.25) is 9.10 Å². The van der Waals surface area contributed by atoms with E-state index in [1.165, 1.54) is 0 Å². The number of hydrogen-bond donors (Lipinski definition) is 0. The minimum atomic E-state index is -3.49. The van der Waals surface area contributed by atoms with Crippen molar-refractivity contribution in [3.8, 4) is 0 Å². The minimum absolute atomic E-state index is 0.136. The minimum Gasteiger partial charge on any atom is -0.341 e. The molecule has 116 valence electrons. The quantitative estimate of drug-likeness (QED) is 0.811. The van der Waals surface area contributed by atoms with Crippen LogP contribution in [0.5, 0.6) is 0 Å². The van der Waals surface area contributed by atoms with Gasteiger partial charge in [-0.15, -0.1) is 0 Å². The molecular weight excluding hydrogens is 356 g/mol. The molecule has 1 heterocycles. The molecule has 1 aromatic carbocycles. The Bertz CT molecular complexity index is 595. The van der Waals surface area contributed by atoms with Gasteiger partial charge in [-0.2, -0.15) is 0 Å². The Hall–Kier alpha value is -1.08. The number of anilines is 1. The molecule has 0 aliphatic carbocycles. The molecule has 21 heavy (non-hydrogen) atoms. The Morgan fingerprint density at radius 1 is 1.19 bits per heavy atom. The van der Waals surface area contributed by atoms with E-state index in [1.54, 1.807) is 29.2 Å². The highest BCUT2D eigenvalue weighted by Gasteiger charge is 2.24. The molecule has 0 aromatic heterocycles. The van der Waals surface area contributed by atoms with Crippen LogP contribution in [0.1, 0.15) is 19.3 Å². The van der Waals surface area contributed by atoms with Crippen LogP contribution in [0.25, 0.3) is 0 Å². The van der Waals surface area contributed by atoms with Gasteiger partial charge in [0.25, 0.3) is 0 Å². The third-order valence-electron chi connectivity index (χ3n) is 3.50. The van der Waals surface area contributed by atoms with E-state index in [2.05, 4.69) is 15.9 Å². The number of halogens is 1. The van der Waals surface area contributed by atoms with Crippen LogP contribution in [-0.2, 0) is 14.8 Å². The summed E-state index contributed by atoms with van der Waals surface area (Å²) in [7, 11) is -3.49. The second-order valence-electron chi connectivity index (χ2n) is 5.19. The number of carbonyl (C=O) groups is 1. The molecule has 0 bridgehead atoms. The number of likely N-dealkylation sites (tertiary alicyclic amines) is 1. The maximum atomic E-state index is 12.3. The van der Waals surface area contributed by atoms with Gasteiger partial charge in [0.2, 0.25) is 15.9 Å². The van der Waals surface area contributed by atoms with E-state index < -0.39 is 10.0 Å². The lowest BCUT2D eigenvalue weighted by atomic mass is 10.1. The monoisotopic (exact) mass is 374 g/mol. The first kappa shape index (κ1) is 16.3. The van der Waals surface area contributed by atoms with E-state index in [1.807, 2.05) is 0 Å². The maximum Gasteiger partial charge on any atom is 0.243 e. The molecule has 1 fully saturated rings. The number of rotatable bonds is 4. The first-order valence-electron chi connectivity index (χ1n) is 6.89. The molecule has 5 nitrogen and oxygen atoms in total. The van der Waals surface area contributed by atoms with Crippen molar-refractivity contribution in [2.75, 3.05) is 30.2 Å². The maximum absolute atomic E-state index is 12.3. The van der Waals surface area contributed by atoms with Gasteiger partial charge in [0, 0.05) is 17.6 Å². The van der Waals surface area contributed by atoms with E-state index >= 15 is 0 Å². The van der Waals surface area contributed by atoms with E-state index in [4.69, 9.17) is 0 Å². The fourth-order valence-electron chi connectivity index (χ4n) is 2.37. The second kappa shape index (κ2) is 6.79. The predicted molar refractivity (Wildman–Crippen MR) is 86.8 cm³/mol. The summed E-state index contributed by atoms with van der Waals surface area (Å²) in [4.78, 5) is 14.1. The van der Waals surface area contributed by atoms with Crippen molar-refractivity contribution < 1.29 is 13.2 Å². The highest BCUT2D eigenvalue weighted by Crippen LogP contribution is 2.21. The predicted octanol–water partition coefficient (Wildman–Crippen LogP) is 2.23. The Kier molecular flexibility index (Phi) is 5.27. The first-order valence-corrected chi connectivity index (χ1v) is 9.53. The van der Waals surface area contributed by atoms with Gasteiger partial charge < -0.3 is 4.90 Å². The summed E-state index contributed by atoms with van der Waals surface area (Å²) in [5.74, 6) is -0.136. The van der Waals surface area contributed by atoms with Gasteiger partial charge in [-0.05, 0) is 43.5 Å². The zero-order valence-corrected chi connectivity index (χ0v) is 14.4. The lowest BCUT2D eigenvalue weighted by Crippen LogP contribution is -2.44. The van der Waals surface area contributed by atoms with Gasteiger partial charge in [0.05, 0.1) is 11.9 Å². The van der Waals surface area contributed by atoms with Crippen LogP contribution in [0.4, 0.5) is 5.69 Å². The zero-order valence-electron chi connectivity index (χ0n) is 12.0. The van der Waals surface area contributed by atoms with Gasteiger partial charge in [-0.1, -0.05) is 15.9 Å². The summed E-state index contributed by atoms with van der Waals surface area (Å²) < 4.78 is 26.0. The van der Waals surface area contributed by atoms with Crippen LogP contribution in [0.15, 0.2) is 28.7 Å². The number of sulfonamides is 1. The van der Waals surface area contributed by atoms with Crippen LogP contribution in [0.3, 0.4) is 0 Å². The van der Waals surface area contributed by atoms with Crippen LogP contribution < -0.4 is 4.31 Å². The molecular formula is C14H19BrN2O3S. The lowest BCUT2D eigenvalue weighted by molar-refractivity contribution is -0.130. The zero-order chi connectivity index (χ0) is 15.5.